The molecule has 1 aromatic carbocycles. The van der Waals surface area contributed by atoms with Crippen molar-refractivity contribution in [3.63, 3.8) is 0 Å². The fourth-order valence-corrected chi connectivity index (χ4v) is 5.60. The second kappa shape index (κ2) is 8.67. The molecule has 1 saturated heterocycles. The number of benzene rings is 1. The summed E-state index contributed by atoms with van der Waals surface area (Å²) >= 11 is 1.60. The molecule has 0 aliphatic carbocycles. The van der Waals surface area contributed by atoms with Crippen LogP contribution in [0.4, 0.5) is 0 Å². The zero-order valence-electron chi connectivity index (χ0n) is 17.1. The second-order valence-corrected chi connectivity index (χ2v) is 9.09. The van der Waals surface area contributed by atoms with Crippen LogP contribution in [0.2, 0.25) is 0 Å². The molecule has 2 aromatic rings. The molecule has 2 aliphatic rings. The van der Waals surface area contributed by atoms with Crippen LogP contribution in [0, 0.1) is 0 Å². The van der Waals surface area contributed by atoms with Crippen molar-refractivity contribution in [2.24, 2.45) is 0 Å². The van der Waals surface area contributed by atoms with Gasteiger partial charge in [-0.2, -0.15) is 0 Å². The molecule has 154 valence electrons. The van der Waals surface area contributed by atoms with Crippen LogP contribution in [-0.2, 0) is 4.79 Å². The van der Waals surface area contributed by atoms with Crippen molar-refractivity contribution in [1.29, 1.82) is 0 Å². The molecule has 1 N–H and O–H groups in total. The van der Waals surface area contributed by atoms with Crippen molar-refractivity contribution in [2.45, 2.75) is 44.2 Å². The second-order valence-electron chi connectivity index (χ2n) is 8.11. The Morgan fingerprint density at radius 3 is 2.79 bits per heavy atom. The molecular weight excluding hydrogens is 382 g/mol. The molecule has 2 amide bonds. The van der Waals surface area contributed by atoms with Gasteiger partial charge in [0.05, 0.1) is 12.0 Å². The molecule has 4 rings (SSSR count). The zero-order chi connectivity index (χ0) is 20.4. The first-order chi connectivity index (χ1) is 14.1. The van der Waals surface area contributed by atoms with Gasteiger partial charge in [-0.1, -0.05) is 30.7 Å². The first-order valence-corrected chi connectivity index (χ1v) is 11.4. The van der Waals surface area contributed by atoms with Gasteiger partial charge in [0.2, 0.25) is 5.91 Å². The van der Waals surface area contributed by atoms with Gasteiger partial charge in [-0.15, -0.1) is 11.3 Å². The molecule has 3 heterocycles. The molecule has 2 aliphatic heterocycles. The van der Waals surface area contributed by atoms with E-state index in [4.69, 9.17) is 0 Å². The highest BCUT2D eigenvalue weighted by Crippen LogP contribution is 2.43. The number of nitrogens with zero attached hydrogens (tertiary/aromatic N) is 2. The third-order valence-electron chi connectivity index (χ3n) is 6.34. The summed E-state index contributed by atoms with van der Waals surface area (Å²) in [4.78, 5) is 31.6. The number of thiophene rings is 1. The zero-order valence-corrected chi connectivity index (χ0v) is 18.0. The first-order valence-electron chi connectivity index (χ1n) is 10.5. The van der Waals surface area contributed by atoms with E-state index in [1.807, 2.05) is 41.8 Å². The summed E-state index contributed by atoms with van der Waals surface area (Å²) in [6, 6.07) is 11.8. The molecule has 0 radical (unpaired) electrons. The van der Waals surface area contributed by atoms with Crippen LogP contribution in [0.25, 0.3) is 0 Å². The van der Waals surface area contributed by atoms with Gasteiger partial charge in [0.1, 0.15) is 0 Å². The smallest absolute Gasteiger partial charge is 0.254 e. The molecule has 3 atom stereocenters. The number of likely N-dealkylation sites (N-methyl/N-ethyl adjacent to an activating group) is 1. The lowest BCUT2D eigenvalue weighted by Crippen LogP contribution is -2.47. The molecule has 1 aromatic heterocycles. The molecule has 3 unspecified atom stereocenters. The molecular formula is C23H29N3O2S. The lowest BCUT2D eigenvalue weighted by molar-refractivity contribution is -0.124. The third-order valence-corrected chi connectivity index (χ3v) is 7.28. The Kier molecular flexibility index (Phi) is 6.01. The normalized spacial score (nSPS) is 25.0. The SMILES string of the molecule is CC1CCCCN1CCNC(=O)C1c2ccccc2C(=O)N(C)C1c1cccs1. The molecule has 6 heteroatoms. The average molecular weight is 412 g/mol. The summed E-state index contributed by atoms with van der Waals surface area (Å²) in [5, 5.41) is 5.18. The van der Waals surface area contributed by atoms with Crippen molar-refractivity contribution >= 4 is 23.2 Å². The van der Waals surface area contributed by atoms with Crippen LogP contribution in [0.3, 0.4) is 0 Å². The summed E-state index contributed by atoms with van der Waals surface area (Å²) in [5.74, 6) is -0.420. The fourth-order valence-electron chi connectivity index (χ4n) is 4.69. The number of fused-ring (bicyclic) bond motifs is 1. The summed E-state index contributed by atoms with van der Waals surface area (Å²) < 4.78 is 0. The average Bonchev–Trinajstić information content (AvgIpc) is 3.26. The van der Waals surface area contributed by atoms with Gasteiger partial charge in [0, 0.05) is 36.6 Å². The van der Waals surface area contributed by atoms with E-state index < -0.39 is 5.92 Å². The van der Waals surface area contributed by atoms with Crippen molar-refractivity contribution in [3.05, 3.63) is 57.8 Å². The number of hydrogen-bond donors (Lipinski definition) is 1. The summed E-state index contributed by atoms with van der Waals surface area (Å²) in [7, 11) is 1.80. The van der Waals surface area contributed by atoms with E-state index in [9.17, 15) is 9.59 Å². The maximum Gasteiger partial charge on any atom is 0.254 e. The number of likely N-dealkylation sites (tertiary alicyclic amines) is 1. The maximum absolute atomic E-state index is 13.4. The minimum absolute atomic E-state index is 0.000127. The van der Waals surface area contributed by atoms with Crippen LogP contribution < -0.4 is 5.32 Å². The number of hydrogen-bond acceptors (Lipinski definition) is 4. The molecule has 29 heavy (non-hydrogen) atoms. The van der Waals surface area contributed by atoms with E-state index in [0.717, 1.165) is 23.5 Å². The van der Waals surface area contributed by atoms with Crippen LogP contribution in [0.1, 0.15) is 58.9 Å². The van der Waals surface area contributed by atoms with Crippen LogP contribution in [0.5, 0.6) is 0 Å². The Morgan fingerprint density at radius 1 is 1.21 bits per heavy atom. The van der Waals surface area contributed by atoms with Crippen LogP contribution in [-0.4, -0.2) is 54.3 Å². The Labute approximate surface area is 176 Å². The maximum atomic E-state index is 13.4. The number of piperidine rings is 1. The number of rotatable bonds is 5. The predicted octanol–water partition coefficient (Wildman–Crippen LogP) is 3.65. The third kappa shape index (κ3) is 3.96. The van der Waals surface area contributed by atoms with Crippen LogP contribution in [0.15, 0.2) is 41.8 Å². The van der Waals surface area contributed by atoms with E-state index in [1.165, 1.54) is 19.3 Å². The number of carbonyl (C=O) groups is 2. The van der Waals surface area contributed by atoms with Gasteiger partial charge in [-0.3, -0.25) is 14.5 Å². The van der Waals surface area contributed by atoms with Crippen molar-refractivity contribution in [1.82, 2.24) is 15.1 Å². The van der Waals surface area contributed by atoms with E-state index in [2.05, 4.69) is 17.1 Å². The number of amides is 2. The minimum Gasteiger partial charge on any atom is -0.354 e. The predicted molar refractivity (Wildman–Crippen MR) is 116 cm³/mol. The topological polar surface area (TPSA) is 52.7 Å². The first kappa shape index (κ1) is 20.1. The lowest BCUT2D eigenvalue weighted by Gasteiger charge is -2.39. The molecule has 0 bridgehead atoms. The highest BCUT2D eigenvalue weighted by molar-refractivity contribution is 7.10. The fraction of sp³-hybridized carbons (Fsp3) is 0.478. The minimum atomic E-state index is -0.397. The molecule has 5 nitrogen and oxygen atoms in total. The summed E-state index contributed by atoms with van der Waals surface area (Å²) in [6.45, 7) is 4.89. The quantitative estimate of drug-likeness (QED) is 0.817. The van der Waals surface area contributed by atoms with Crippen molar-refractivity contribution in [3.8, 4) is 0 Å². The van der Waals surface area contributed by atoms with E-state index >= 15 is 0 Å². The standard InChI is InChI=1S/C23H29N3O2S/c1-16-8-5-6-13-26(16)14-12-24-22(27)20-17-9-3-4-10-18(17)23(28)25(2)21(20)19-11-7-15-29-19/h3-4,7,9-11,15-16,20-21H,5-6,8,12-14H2,1-2H3,(H,24,27). The molecule has 0 saturated carbocycles. The monoisotopic (exact) mass is 411 g/mol. The van der Waals surface area contributed by atoms with Gasteiger partial charge in [-0.25, -0.2) is 0 Å². The van der Waals surface area contributed by atoms with Crippen molar-refractivity contribution < 1.29 is 9.59 Å². The Balaban J connectivity index is 1.55. The van der Waals surface area contributed by atoms with E-state index in [-0.39, 0.29) is 17.9 Å². The van der Waals surface area contributed by atoms with Crippen molar-refractivity contribution in [2.75, 3.05) is 26.7 Å². The van der Waals surface area contributed by atoms with Gasteiger partial charge in [-0.05, 0) is 49.4 Å². The molecule has 1 fully saturated rings. The Bertz CT molecular complexity index is 867. The van der Waals surface area contributed by atoms with Gasteiger partial charge < -0.3 is 10.2 Å². The highest BCUT2D eigenvalue weighted by Gasteiger charge is 2.42. The molecule has 0 spiro atoms. The Morgan fingerprint density at radius 2 is 2.03 bits per heavy atom. The highest BCUT2D eigenvalue weighted by atomic mass is 32.1. The van der Waals surface area contributed by atoms with Gasteiger partial charge in [0.15, 0.2) is 0 Å². The van der Waals surface area contributed by atoms with E-state index in [1.54, 1.807) is 23.3 Å². The van der Waals surface area contributed by atoms with E-state index in [0.29, 0.717) is 18.2 Å². The summed E-state index contributed by atoms with van der Waals surface area (Å²) in [5.41, 5.74) is 1.46. The van der Waals surface area contributed by atoms with Gasteiger partial charge >= 0.3 is 0 Å². The number of carbonyl (C=O) groups excluding carboxylic acids is 2. The Hall–Kier alpha value is -2.18. The van der Waals surface area contributed by atoms with Gasteiger partial charge in [0.25, 0.3) is 5.91 Å². The van der Waals surface area contributed by atoms with Crippen LogP contribution >= 0.6 is 11.3 Å². The summed E-state index contributed by atoms with van der Waals surface area (Å²) in [6.07, 6.45) is 3.77. The lowest BCUT2D eigenvalue weighted by atomic mass is 9.82. The number of nitrogens with one attached hydrogen (secondary N) is 1. The largest absolute Gasteiger partial charge is 0.354 e.